The van der Waals surface area contributed by atoms with Crippen LogP contribution in [0.25, 0.3) is 11.1 Å². The van der Waals surface area contributed by atoms with E-state index >= 15 is 0 Å². The number of methoxy groups -OCH3 is 1. The molecule has 0 aliphatic carbocycles. The first kappa shape index (κ1) is 18.6. The van der Waals surface area contributed by atoms with E-state index in [0.29, 0.717) is 5.75 Å². The van der Waals surface area contributed by atoms with Gasteiger partial charge in [-0.25, -0.2) is 4.39 Å². The second-order valence-corrected chi connectivity index (χ2v) is 6.80. The Labute approximate surface area is 164 Å². The highest BCUT2D eigenvalue weighted by molar-refractivity contribution is 5.70. The van der Waals surface area contributed by atoms with Gasteiger partial charge in [0, 0.05) is 37.1 Å². The first-order valence-electron chi connectivity index (χ1n) is 9.42. The quantitative estimate of drug-likeness (QED) is 0.662. The van der Waals surface area contributed by atoms with Gasteiger partial charge in [-0.2, -0.15) is 0 Å². The Morgan fingerprint density at radius 3 is 2.32 bits per heavy atom. The highest BCUT2D eigenvalue weighted by Crippen LogP contribution is 2.34. The van der Waals surface area contributed by atoms with Crippen molar-refractivity contribution in [3.05, 3.63) is 83.9 Å². The van der Waals surface area contributed by atoms with Crippen molar-refractivity contribution in [1.82, 2.24) is 9.88 Å². The molecule has 1 fully saturated rings. The maximum Gasteiger partial charge on any atom is 0.129 e. The zero-order chi connectivity index (χ0) is 19.3. The predicted molar refractivity (Wildman–Crippen MR) is 107 cm³/mol. The molecule has 144 valence electrons. The fraction of sp³-hybridized carbons (Fsp3) is 0.261. The molecule has 1 saturated heterocycles. The molecule has 2 aromatic carbocycles. The number of hydrogen-bond donors (Lipinski definition) is 0. The maximum atomic E-state index is 13.5. The number of halogens is 1. The lowest BCUT2D eigenvalue weighted by molar-refractivity contribution is 0.0239. The van der Waals surface area contributed by atoms with Gasteiger partial charge in [0.1, 0.15) is 11.6 Å². The van der Waals surface area contributed by atoms with Crippen molar-refractivity contribution < 1.29 is 13.9 Å². The van der Waals surface area contributed by atoms with Gasteiger partial charge in [-0.05, 0) is 41.0 Å². The predicted octanol–water partition coefficient (Wildman–Crippen LogP) is 4.32. The highest BCUT2D eigenvalue weighted by Gasteiger charge is 2.24. The molecule has 0 radical (unpaired) electrons. The monoisotopic (exact) mass is 378 g/mol. The summed E-state index contributed by atoms with van der Waals surface area (Å²) in [6.45, 7) is 3.26. The molecule has 1 atom stereocenters. The van der Waals surface area contributed by atoms with Gasteiger partial charge in [0.2, 0.25) is 0 Å². The number of ether oxygens (including phenoxy) is 2. The third-order valence-electron chi connectivity index (χ3n) is 5.13. The Hall–Kier alpha value is -2.76. The van der Waals surface area contributed by atoms with Crippen molar-refractivity contribution in [2.75, 3.05) is 33.4 Å². The molecule has 1 unspecified atom stereocenters. The summed E-state index contributed by atoms with van der Waals surface area (Å²) in [6.07, 6.45) is 3.67. The highest BCUT2D eigenvalue weighted by atomic mass is 19.1. The zero-order valence-corrected chi connectivity index (χ0v) is 15.8. The van der Waals surface area contributed by atoms with Crippen LogP contribution in [-0.2, 0) is 4.74 Å². The van der Waals surface area contributed by atoms with E-state index in [1.807, 2.05) is 12.4 Å². The fourth-order valence-corrected chi connectivity index (χ4v) is 3.74. The van der Waals surface area contributed by atoms with Gasteiger partial charge in [0.25, 0.3) is 0 Å². The lowest BCUT2D eigenvalue weighted by Crippen LogP contribution is -2.39. The fourth-order valence-electron chi connectivity index (χ4n) is 3.74. The molecule has 5 heteroatoms. The van der Waals surface area contributed by atoms with Crippen molar-refractivity contribution in [2.24, 2.45) is 0 Å². The van der Waals surface area contributed by atoms with E-state index in [0.717, 1.165) is 37.4 Å². The summed E-state index contributed by atoms with van der Waals surface area (Å²) in [5, 5.41) is 0. The number of pyridine rings is 1. The molecule has 28 heavy (non-hydrogen) atoms. The molecule has 3 aromatic rings. The number of hydrogen-bond acceptors (Lipinski definition) is 4. The summed E-state index contributed by atoms with van der Waals surface area (Å²) in [5.41, 5.74) is 4.29. The molecule has 2 heterocycles. The summed E-state index contributed by atoms with van der Waals surface area (Å²) in [4.78, 5) is 6.60. The minimum absolute atomic E-state index is 0.149. The summed E-state index contributed by atoms with van der Waals surface area (Å²) in [7, 11) is 1.56. The number of morpholine rings is 1. The van der Waals surface area contributed by atoms with E-state index < -0.39 is 0 Å². The van der Waals surface area contributed by atoms with Crippen molar-refractivity contribution in [3.63, 3.8) is 0 Å². The molecule has 4 nitrogen and oxygen atoms in total. The summed E-state index contributed by atoms with van der Waals surface area (Å²) < 4.78 is 24.4. The molecule has 1 aromatic heterocycles. The van der Waals surface area contributed by atoms with Crippen molar-refractivity contribution >= 4 is 0 Å². The topological polar surface area (TPSA) is 34.6 Å². The van der Waals surface area contributed by atoms with Crippen LogP contribution in [0, 0.1) is 5.82 Å². The first-order valence-corrected chi connectivity index (χ1v) is 9.42. The minimum Gasteiger partial charge on any atom is -0.496 e. The minimum atomic E-state index is -0.303. The smallest absolute Gasteiger partial charge is 0.129 e. The standard InChI is InChI=1S/C23H23FN2O2/c1-27-22-16-20(24)6-7-21(22)17-2-4-18(5-3-17)23(19-8-10-25-11-9-19)26-12-14-28-15-13-26/h2-11,16,23H,12-15H2,1H3. The first-order chi connectivity index (χ1) is 13.8. The van der Waals surface area contributed by atoms with Crippen LogP contribution in [0.5, 0.6) is 5.75 Å². The Morgan fingerprint density at radius 2 is 1.64 bits per heavy atom. The van der Waals surface area contributed by atoms with E-state index in [9.17, 15) is 4.39 Å². The summed E-state index contributed by atoms with van der Waals surface area (Å²) >= 11 is 0. The van der Waals surface area contributed by atoms with Gasteiger partial charge < -0.3 is 9.47 Å². The van der Waals surface area contributed by atoms with Gasteiger partial charge in [0.15, 0.2) is 0 Å². The van der Waals surface area contributed by atoms with Gasteiger partial charge in [-0.15, -0.1) is 0 Å². The molecule has 0 amide bonds. The molecule has 0 saturated carbocycles. The molecule has 4 rings (SSSR count). The van der Waals surface area contributed by atoms with E-state index in [1.54, 1.807) is 13.2 Å². The van der Waals surface area contributed by atoms with Gasteiger partial charge in [0.05, 0.1) is 26.4 Å². The number of aromatic nitrogens is 1. The van der Waals surface area contributed by atoms with Crippen LogP contribution in [0.2, 0.25) is 0 Å². The van der Waals surface area contributed by atoms with Crippen molar-refractivity contribution in [1.29, 1.82) is 0 Å². The van der Waals surface area contributed by atoms with Crippen LogP contribution in [0.1, 0.15) is 17.2 Å². The molecular weight excluding hydrogens is 355 g/mol. The van der Waals surface area contributed by atoms with Gasteiger partial charge in [-0.1, -0.05) is 24.3 Å². The lowest BCUT2D eigenvalue weighted by atomic mass is 9.95. The summed E-state index contributed by atoms with van der Waals surface area (Å²) in [5.74, 6) is 0.230. The molecular formula is C23H23FN2O2. The Kier molecular flexibility index (Phi) is 5.65. The molecule has 1 aliphatic heterocycles. The molecule has 0 bridgehead atoms. The number of rotatable bonds is 5. The van der Waals surface area contributed by atoms with Crippen LogP contribution >= 0.6 is 0 Å². The van der Waals surface area contributed by atoms with Gasteiger partial charge in [-0.3, -0.25) is 9.88 Å². The number of nitrogens with zero attached hydrogens (tertiary/aromatic N) is 2. The Morgan fingerprint density at radius 1 is 0.964 bits per heavy atom. The van der Waals surface area contributed by atoms with E-state index in [1.165, 1.54) is 23.3 Å². The zero-order valence-electron chi connectivity index (χ0n) is 15.8. The van der Waals surface area contributed by atoms with Crippen LogP contribution in [-0.4, -0.2) is 43.3 Å². The third kappa shape index (κ3) is 3.91. The largest absolute Gasteiger partial charge is 0.496 e. The second kappa shape index (κ2) is 8.50. The SMILES string of the molecule is COc1cc(F)ccc1-c1ccc(C(c2ccncc2)N2CCOCC2)cc1. The van der Waals surface area contributed by atoms with Crippen LogP contribution < -0.4 is 4.74 Å². The Bertz CT molecular complexity index is 910. The third-order valence-corrected chi connectivity index (χ3v) is 5.13. The lowest BCUT2D eigenvalue weighted by Gasteiger charge is -2.35. The van der Waals surface area contributed by atoms with Crippen LogP contribution in [0.4, 0.5) is 4.39 Å². The van der Waals surface area contributed by atoms with E-state index in [2.05, 4.69) is 46.3 Å². The number of benzene rings is 2. The summed E-state index contributed by atoms with van der Waals surface area (Å²) in [6, 6.07) is 17.3. The Balaban J connectivity index is 1.68. The molecule has 1 aliphatic rings. The second-order valence-electron chi connectivity index (χ2n) is 6.80. The van der Waals surface area contributed by atoms with E-state index in [-0.39, 0.29) is 11.9 Å². The van der Waals surface area contributed by atoms with Crippen LogP contribution in [0.3, 0.4) is 0 Å². The molecule has 0 N–H and O–H groups in total. The average molecular weight is 378 g/mol. The normalized spacial score (nSPS) is 15.9. The van der Waals surface area contributed by atoms with E-state index in [4.69, 9.17) is 9.47 Å². The molecule has 0 spiro atoms. The van der Waals surface area contributed by atoms with Crippen molar-refractivity contribution in [3.8, 4) is 16.9 Å². The van der Waals surface area contributed by atoms with Crippen LogP contribution in [0.15, 0.2) is 67.0 Å². The average Bonchev–Trinajstić information content (AvgIpc) is 2.76. The maximum absolute atomic E-state index is 13.5. The van der Waals surface area contributed by atoms with Gasteiger partial charge >= 0.3 is 0 Å². The van der Waals surface area contributed by atoms with Crippen molar-refractivity contribution in [2.45, 2.75) is 6.04 Å².